The summed E-state index contributed by atoms with van der Waals surface area (Å²) in [5.74, 6) is 0.207. The number of benzene rings is 1. The fourth-order valence-corrected chi connectivity index (χ4v) is 2.31. The van der Waals surface area contributed by atoms with Gasteiger partial charge in [-0.05, 0) is 43.3 Å². The van der Waals surface area contributed by atoms with Gasteiger partial charge in [-0.1, -0.05) is 11.6 Å². The number of nitrogens with zero attached hydrogens (tertiary/aromatic N) is 2. The molecule has 1 aliphatic heterocycles. The van der Waals surface area contributed by atoms with Crippen LogP contribution in [0.2, 0.25) is 5.02 Å². The third kappa shape index (κ3) is 3.60. The molecule has 1 aliphatic rings. The topological polar surface area (TPSA) is 74.1 Å². The van der Waals surface area contributed by atoms with E-state index in [1.165, 1.54) is 0 Å². The summed E-state index contributed by atoms with van der Waals surface area (Å²) in [6, 6.07) is 9.58. The lowest BCUT2D eigenvalue weighted by Crippen LogP contribution is -2.34. The Labute approximate surface area is 138 Å². The molecule has 7 heteroatoms. The molecule has 1 fully saturated rings. The molecule has 2 N–H and O–H groups in total. The Morgan fingerprint density at radius 1 is 1.26 bits per heavy atom. The Hall–Kier alpha value is -2.60. The Kier molecular flexibility index (Phi) is 4.16. The minimum atomic E-state index is -0.603. The van der Waals surface area contributed by atoms with Gasteiger partial charge < -0.3 is 10.2 Å². The molecule has 0 aliphatic carbocycles. The molecule has 2 aromatic rings. The van der Waals surface area contributed by atoms with Crippen molar-refractivity contribution in [2.75, 3.05) is 16.8 Å². The fraction of sp³-hybridized carbons (Fsp3) is 0.188. The average Bonchev–Trinajstić information content (AvgIpc) is 3.25. The zero-order valence-corrected chi connectivity index (χ0v) is 13.2. The lowest BCUT2D eigenvalue weighted by Gasteiger charge is -2.11. The van der Waals surface area contributed by atoms with E-state index >= 15 is 0 Å². The predicted octanol–water partition coefficient (Wildman–Crippen LogP) is 2.91. The zero-order valence-electron chi connectivity index (χ0n) is 12.4. The second kappa shape index (κ2) is 6.26. The second-order valence-electron chi connectivity index (χ2n) is 5.29. The maximum atomic E-state index is 12.0. The van der Waals surface area contributed by atoms with Gasteiger partial charge in [0, 0.05) is 29.4 Å². The van der Waals surface area contributed by atoms with Gasteiger partial charge in [0.05, 0.1) is 5.69 Å². The number of aromatic nitrogens is 1. The van der Waals surface area contributed by atoms with E-state index in [-0.39, 0.29) is 0 Å². The third-order valence-corrected chi connectivity index (χ3v) is 3.75. The Morgan fingerprint density at radius 3 is 2.61 bits per heavy atom. The number of urea groups is 1. The number of carbonyl (C=O) groups is 2. The molecule has 3 amide bonds. The first-order valence-electron chi connectivity index (χ1n) is 7.14. The number of pyridine rings is 1. The van der Waals surface area contributed by atoms with Crippen molar-refractivity contribution >= 4 is 35.0 Å². The van der Waals surface area contributed by atoms with E-state index in [1.807, 2.05) is 0 Å². The molecule has 0 saturated carbocycles. The molecule has 1 aromatic carbocycles. The maximum absolute atomic E-state index is 12.0. The summed E-state index contributed by atoms with van der Waals surface area (Å²) in [6.07, 6.45) is 1.67. The molecule has 0 radical (unpaired) electrons. The monoisotopic (exact) mass is 330 g/mol. The van der Waals surface area contributed by atoms with Crippen LogP contribution in [-0.4, -0.2) is 29.5 Å². The summed E-state index contributed by atoms with van der Waals surface area (Å²) in [6.45, 7) is 2.97. The van der Waals surface area contributed by atoms with Crippen LogP contribution in [-0.2, 0) is 0 Å². The summed E-state index contributed by atoms with van der Waals surface area (Å²) in [5.41, 5.74) is 0.925. The number of carbonyl (C=O) groups excluding carboxylic acids is 2. The molecule has 2 heterocycles. The molecular weight excluding hydrogens is 316 g/mol. The van der Waals surface area contributed by atoms with Crippen molar-refractivity contribution in [1.29, 1.82) is 0 Å². The van der Waals surface area contributed by atoms with Gasteiger partial charge in [-0.15, -0.1) is 0 Å². The fourth-order valence-electron chi connectivity index (χ4n) is 2.19. The summed E-state index contributed by atoms with van der Waals surface area (Å²) in [4.78, 5) is 30.4. The molecule has 1 atom stereocenters. The van der Waals surface area contributed by atoms with Crippen LogP contribution in [0.4, 0.5) is 16.3 Å². The first-order valence-corrected chi connectivity index (χ1v) is 7.52. The van der Waals surface area contributed by atoms with E-state index in [0.717, 1.165) is 6.54 Å². The smallest absolute Gasteiger partial charge is 0.326 e. The van der Waals surface area contributed by atoms with Gasteiger partial charge >= 0.3 is 6.03 Å². The van der Waals surface area contributed by atoms with Crippen molar-refractivity contribution in [3.63, 3.8) is 0 Å². The average molecular weight is 331 g/mol. The Morgan fingerprint density at radius 2 is 1.96 bits per heavy atom. The normalized spacial score (nSPS) is 15.9. The van der Waals surface area contributed by atoms with E-state index in [0.29, 0.717) is 28.1 Å². The van der Waals surface area contributed by atoms with Crippen molar-refractivity contribution in [2.45, 2.75) is 13.0 Å². The predicted molar refractivity (Wildman–Crippen MR) is 89.0 cm³/mol. The van der Waals surface area contributed by atoms with Crippen molar-refractivity contribution in [3.8, 4) is 0 Å². The van der Waals surface area contributed by atoms with Gasteiger partial charge in [0.1, 0.15) is 0 Å². The summed E-state index contributed by atoms with van der Waals surface area (Å²) in [5, 5.41) is 5.47. The van der Waals surface area contributed by atoms with E-state index in [9.17, 15) is 9.59 Å². The van der Waals surface area contributed by atoms with Gasteiger partial charge in [0.25, 0.3) is 5.91 Å². The standard InChI is InChI=1S/C16H15ClN4O2/c1-10-9-21(10)14-13(3-2-8-18-14)19-16(23)20-15(22)11-4-6-12(17)7-5-11/h2-8,10H,9H2,1H3,(H2,19,20,22,23). The molecule has 0 spiro atoms. The van der Waals surface area contributed by atoms with Crippen molar-refractivity contribution in [1.82, 2.24) is 10.3 Å². The lowest BCUT2D eigenvalue weighted by molar-refractivity contribution is 0.0967. The first kappa shape index (κ1) is 15.3. The Balaban J connectivity index is 1.66. The van der Waals surface area contributed by atoms with E-state index < -0.39 is 11.9 Å². The van der Waals surface area contributed by atoms with Crippen molar-refractivity contribution in [3.05, 3.63) is 53.2 Å². The van der Waals surface area contributed by atoms with Gasteiger partial charge in [-0.3, -0.25) is 10.1 Å². The highest BCUT2D eigenvalue weighted by Crippen LogP contribution is 2.31. The van der Waals surface area contributed by atoms with Crippen LogP contribution >= 0.6 is 11.6 Å². The van der Waals surface area contributed by atoms with Gasteiger partial charge in [0.15, 0.2) is 5.82 Å². The number of hydrogen-bond donors (Lipinski definition) is 2. The third-order valence-electron chi connectivity index (χ3n) is 3.50. The van der Waals surface area contributed by atoms with Crippen LogP contribution in [0.1, 0.15) is 17.3 Å². The van der Waals surface area contributed by atoms with E-state index in [1.54, 1.807) is 42.6 Å². The van der Waals surface area contributed by atoms with Gasteiger partial charge in [-0.2, -0.15) is 0 Å². The van der Waals surface area contributed by atoms with Crippen LogP contribution in [0.3, 0.4) is 0 Å². The summed E-state index contributed by atoms with van der Waals surface area (Å²) >= 11 is 5.77. The molecule has 6 nitrogen and oxygen atoms in total. The van der Waals surface area contributed by atoms with Crippen molar-refractivity contribution in [2.24, 2.45) is 0 Å². The summed E-state index contributed by atoms with van der Waals surface area (Å²) < 4.78 is 0. The van der Waals surface area contributed by atoms with Crippen LogP contribution in [0, 0.1) is 0 Å². The largest absolute Gasteiger partial charge is 0.348 e. The lowest BCUT2D eigenvalue weighted by atomic mass is 10.2. The van der Waals surface area contributed by atoms with Crippen LogP contribution in [0.5, 0.6) is 0 Å². The van der Waals surface area contributed by atoms with Crippen LogP contribution in [0.15, 0.2) is 42.6 Å². The molecule has 1 aromatic heterocycles. The molecule has 3 rings (SSSR count). The van der Waals surface area contributed by atoms with Gasteiger partial charge in [-0.25, -0.2) is 9.78 Å². The van der Waals surface area contributed by atoms with Crippen LogP contribution in [0.25, 0.3) is 0 Å². The number of imide groups is 1. The maximum Gasteiger partial charge on any atom is 0.326 e. The minimum absolute atomic E-state index is 0.357. The molecule has 1 unspecified atom stereocenters. The van der Waals surface area contributed by atoms with E-state index in [4.69, 9.17) is 11.6 Å². The minimum Gasteiger partial charge on any atom is -0.348 e. The molecular formula is C16H15ClN4O2. The highest BCUT2D eigenvalue weighted by atomic mass is 35.5. The number of hydrogen-bond acceptors (Lipinski definition) is 4. The number of rotatable bonds is 3. The number of amides is 3. The quantitative estimate of drug-likeness (QED) is 0.849. The molecule has 118 valence electrons. The highest BCUT2D eigenvalue weighted by Gasteiger charge is 2.32. The second-order valence-corrected chi connectivity index (χ2v) is 5.73. The summed E-state index contributed by atoms with van der Waals surface area (Å²) in [7, 11) is 0. The first-order chi connectivity index (χ1) is 11.0. The van der Waals surface area contributed by atoms with Crippen molar-refractivity contribution < 1.29 is 9.59 Å². The molecule has 0 bridgehead atoms. The number of halogens is 1. The SMILES string of the molecule is CC1CN1c1ncccc1NC(=O)NC(=O)c1ccc(Cl)cc1. The molecule has 1 saturated heterocycles. The number of anilines is 2. The Bertz CT molecular complexity index is 748. The van der Waals surface area contributed by atoms with E-state index in [2.05, 4.69) is 27.4 Å². The highest BCUT2D eigenvalue weighted by molar-refractivity contribution is 6.30. The molecule has 23 heavy (non-hydrogen) atoms. The zero-order chi connectivity index (χ0) is 16.4. The van der Waals surface area contributed by atoms with Crippen LogP contribution < -0.4 is 15.5 Å². The number of nitrogens with one attached hydrogen (secondary N) is 2. The van der Waals surface area contributed by atoms with Gasteiger partial charge in [0.2, 0.25) is 0 Å².